The van der Waals surface area contributed by atoms with Crippen molar-refractivity contribution >= 4 is 33.3 Å². The molecule has 0 aromatic carbocycles. The number of β-amino-alcohol motifs (C(OH)–C–C–N with tert-alkyl or cyclic N) is 1. The van der Waals surface area contributed by atoms with Gasteiger partial charge in [-0.15, -0.1) is 0 Å². The van der Waals surface area contributed by atoms with Crippen molar-refractivity contribution in [1.82, 2.24) is 20.9 Å². The topological polar surface area (TPSA) is 198 Å². The number of carboxylic acid groups (broad SMARTS) is 3. The van der Waals surface area contributed by atoms with Gasteiger partial charge in [-0.2, -0.15) is 0 Å². The number of aliphatic hydroxyl groups excluding tert-OH is 1. The summed E-state index contributed by atoms with van der Waals surface area (Å²) in [5, 5.41) is 53.5. The summed E-state index contributed by atoms with van der Waals surface area (Å²) < 4.78 is 59.9. The Hall–Kier alpha value is -4.36. The highest BCUT2D eigenvalue weighted by Crippen LogP contribution is 2.82. The van der Waals surface area contributed by atoms with Crippen molar-refractivity contribution in [2.45, 2.75) is 424 Å². The van der Waals surface area contributed by atoms with Crippen molar-refractivity contribution in [3.63, 3.8) is 0 Å². The number of carboxylic acids is 3. The van der Waals surface area contributed by atoms with Gasteiger partial charge in [0.15, 0.2) is 0 Å². The van der Waals surface area contributed by atoms with Crippen molar-refractivity contribution in [2.24, 2.45) is 181 Å². The highest BCUT2D eigenvalue weighted by Gasteiger charge is 2.76. The van der Waals surface area contributed by atoms with Gasteiger partial charge in [0.1, 0.15) is 20.0 Å². The summed E-state index contributed by atoms with van der Waals surface area (Å²) in [4.78, 5) is 38.2. The molecule has 13 nitrogen and oxygen atoms in total. The number of allylic oxidation sites excluding steroid dienone is 15. The van der Waals surface area contributed by atoms with E-state index in [1.54, 1.807) is 0 Å². The van der Waals surface area contributed by atoms with Gasteiger partial charge in [0.25, 0.3) is 0 Å². The molecule has 7 N–H and O–H groups in total. The van der Waals surface area contributed by atoms with Crippen LogP contribution in [0.4, 0.5) is 13.2 Å². The average molecular weight is 2080 g/mol. The van der Waals surface area contributed by atoms with Gasteiger partial charge in [0.05, 0.1) is 35.6 Å². The molecule has 31 atom stereocenters. The molecule has 2 heterocycles. The van der Waals surface area contributed by atoms with Gasteiger partial charge in [-0.05, 0) is 499 Å². The lowest BCUT2D eigenvalue weighted by molar-refractivity contribution is -0.221. The summed E-state index contributed by atoms with van der Waals surface area (Å²) >= 11 is 0. The van der Waals surface area contributed by atoms with Gasteiger partial charge in [0.2, 0.25) is 0 Å². The van der Waals surface area contributed by atoms with E-state index >= 15 is 0 Å². The lowest BCUT2D eigenvalue weighted by Crippen LogP contribution is -2.68. The number of aliphatic hydroxyl groups is 1. The summed E-state index contributed by atoms with van der Waals surface area (Å²) in [6, 6.07) is 0. The molecule has 19 aliphatic carbocycles. The molecule has 17 heteroatoms. The Kier molecular flexibility index (Phi) is 29.8. The highest BCUT2D eigenvalue weighted by molar-refractivity contribution is 8.00. The van der Waals surface area contributed by atoms with Crippen LogP contribution in [-0.4, -0.2) is 160 Å². The maximum Gasteiger partial charge on any atom is 0.312 e. The van der Waals surface area contributed by atoms with E-state index in [2.05, 4.69) is 221 Å². The lowest BCUT2D eigenvalue weighted by Gasteiger charge is -2.72. The number of carbonyl (C=O) groups is 3. The van der Waals surface area contributed by atoms with Crippen LogP contribution in [0.1, 0.15) is 402 Å². The number of nitrogens with zero attached hydrogens (tertiary/aromatic N) is 1. The Morgan fingerprint density at radius 2 is 0.711 bits per heavy atom. The Bertz CT molecular complexity index is 5260. The molecule has 1 unspecified atom stereocenters. The van der Waals surface area contributed by atoms with E-state index < -0.39 is 69.8 Å². The van der Waals surface area contributed by atoms with Crippen molar-refractivity contribution in [2.75, 3.05) is 84.0 Å². The number of ether oxygens (including phenoxy) is 1. The standard InChI is InChI=1S/C45H71FN2O4S.C44H68FNO2.C43H66FNO3/c1-30(2)33-13-20-45(47-27-32(49)28-48-23-25-53(8,52)26-24-48)22-21-42(6)35(38(33)45)9-10-37-41(5)16-14-34(40(3,4)36(41)15-17-43(37,42)7)31-11-18-44(29-46,19-12-31)39(50)51;1-29(2)31-14-23-44(46-27-26-39(5)17-9-18-39)25-24-41(7)33(36(31)44)10-11-35-40(6)19-15-32(38(3,4)34(40)16-20-42(35,41)8)30-12-21-43(28-45,22-13-30)37(47)48;1-28(2)30-13-20-43(45-24-23-38(5)26-48-27-38)22-21-40(7)32(35(30)43)9-10-34-39(6)16-14-31(37(3,4)33(39)15-17-41(34,40)8)29-11-18-42(25-44,19-12-29)36(46)47/h11,14,32-33,35-38,47,49H,1,8-10,12-13,15-29H2,2-7H3,(H,50,51);12,15,31,33-36,46H,1,9-11,13-14,16-28H2,2-8H3,(H,47,48);11,14,30,32-35,45H,1,9-10,12-13,15-27H2,2-8H3,(H,46,47)/t32?,33-,35+,36-,37+,38+,41-,42+,43+,44-,45-;31-,33+,34-,35+,36+,40-,41+,42+,43-,44-;30-,32+,33-,34+,35+,39-,40+,41+,42-,43-/m000/s1. The number of hydrogen-bond acceptors (Lipinski definition) is 10. The Morgan fingerprint density at radius 3 is 0.980 bits per heavy atom. The van der Waals surface area contributed by atoms with Crippen LogP contribution in [0.15, 0.2) is 106 Å². The molecule has 21 rings (SSSR count). The summed E-state index contributed by atoms with van der Waals surface area (Å²) in [5.41, 5.74) is 12.4. The molecule has 2 aliphatic heterocycles. The summed E-state index contributed by atoms with van der Waals surface area (Å²) in [5.74, 6) is 11.7. The first-order chi connectivity index (χ1) is 69.8. The summed E-state index contributed by atoms with van der Waals surface area (Å²) in [7, 11) is -1.95. The minimum absolute atomic E-state index is 0.0150. The van der Waals surface area contributed by atoms with E-state index in [1.807, 2.05) is 0 Å². The van der Waals surface area contributed by atoms with Crippen LogP contribution < -0.4 is 16.0 Å². The van der Waals surface area contributed by atoms with Gasteiger partial charge in [-0.3, -0.25) is 23.5 Å². The third-order valence-corrected chi connectivity index (χ3v) is 55.4. The van der Waals surface area contributed by atoms with Gasteiger partial charge >= 0.3 is 17.9 Å². The van der Waals surface area contributed by atoms with Crippen molar-refractivity contribution < 1.29 is 56.9 Å². The number of hydrogen-bond donors (Lipinski definition) is 7. The molecule has 834 valence electrons. The van der Waals surface area contributed by atoms with Crippen LogP contribution in [-0.2, 0) is 28.6 Å². The van der Waals surface area contributed by atoms with Crippen LogP contribution in [0.3, 0.4) is 0 Å². The van der Waals surface area contributed by atoms with E-state index in [0.29, 0.717) is 185 Å². The molecule has 13 saturated carbocycles. The second kappa shape index (κ2) is 39.3. The first-order valence-electron chi connectivity index (χ1n) is 60.9. The molecule has 2 saturated heterocycles. The normalized spacial score (nSPS) is 46.6. The van der Waals surface area contributed by atoms with Gasteiger partial charge in [0, 0.05) is 59.7 Å². The van der Waals surface area contributed by atoms with Crippen molar-refractivity contribution in [1.29, 1.82) is 0 Å². The molecule has 0 radical (unpaired) electrons. The minimum Gasteiger partial charge on any atom is -0.481 e. The fraction of sp³-hybridized carbons (Fsp3) is 0.833. The van der Waals surface area contributed by atoms with Crippen molar-refractivity contribution in [3.8, 4) is 0 Å². The SMILES string of the molecule is C=C(C)[C@@H]1CC[C@]2(NCC(O)CN3CCS(=C)(=O)CC3)CC[C@]3(C)[C@H](CC[C@@H]4[C@@]5(C)CC=C(C6=CC[C@](CF)(C(=O)O)CC6)C(C)(C)[C@@H]5CC[C@]43C)[C@@H]12.C=C(C)[C@@H]1CC[C@]2(NCCC3(C)CCC3)CC[C@]3(C)[C@H](CC[C@@H]4[C@@]5(C)CC=C(C6=CC[C@](CF)(C(=O)O)CC6)C(C)(C)[C@@H]5CC[C@]43C)[C@@H]12.C=C(C)[C@@H]1CC[C@]2(NCCC3(C)COC3)CC[C@]3(C)[C@H](CC[C@@H]4[C@@]5(C)CC=C(C6=CC[C@](CF)(C(=O)O)CC6)C(C)(C)[C@@H]5CC[C@]43C)[C@@H]12. The maximum absolute atomic E-state index is 14.0. The molecule has 149 heavy (non-hydrogen) atoms. The van der Waals surface area contributed by atoms with Crippen LogP contribution in [0.25, 0.3) is 0 Å². The molecule has 15 fully saturated rings. The lowest BCUT2D eigenvalue weighted by atomic mass is 9.33. The number of aliphatic carboxylic acids is 3. The van der Waals surface area contributed by atoms with Crippen LogP contribution in [0.2, 0.25) is 0 Å². The van der Waals surface area contributed by atoms with Gasteiger partial charge in [-0.25, -0.2) is 13.2 Å². The first kappa shape index (κ1) is 113. The number of halogens is 3. The fourth-order valence-electron chi connectivity index (χ4n) is 43.9. The second-order valence-corrected chi connectivity index (χ2v) is 63.9. The molecule has 0 amide bonds. The van der Waals surface area contributed by atoms with E-state index in [4.69, 9.17) is 4.74 Å². The fourth-order valence-corrected chi connectivity index (χ4v) is 45.3. The maximum atomic E-state index is 14.0. The highest BCUT2D eigenvalue weighted by atomic mass is 32.2. The Morgan fingerprint density at radius 1 is 0.396 bits per heavy atom. The van der Waals surface area contributed by atoms with Gasteiger partial charge in [-0.1, -0.05) is 197 Å². The Labute approximate surface area is 900 Å². The van der Waals surface area contributed by atoms with Gasteiger partial charge < -0.3 is 41.1 Å². The van der Waals surface area contributed by atoms with Crippen LogP contribution >= 0.6 is 0 Å². The molecule has 0 aromatic rings. The zero-order chi connectivity index (χ0) is 107. The Balaban J connectivity index is 0.000000141. The van der Waals surface area contributed by atoms with E-state index in [0.717, 1.165) is 76.8 Å². The smallest absolute Gasteiger partial charge is 0.312 e. The molecule has 21 aliphatic rings. The quantitative estimate of drug-likeness (QED) is 0.0337. The average Bonchev–Trinajstić information content (AvgIpc) is 1.67. The van der Waals surface area contributed by atoms with Crippen LogP contribution in [0.5, 0.6) is 0 Å². The molecule has 0 bridgehead atoms. The predicted octanol–water partition coefficient (Wildman–Crippen LogP) is 29.4. The third-order valence-electron chi connectivity index (χ3n) is 53.5. The van der Waals surface area contributed by atoms with E-state index in [9.17, 15) is 52.2 Å². The van der Waals surface area contributed by atoms with Crippen LogP contribution in [0, 0.1) is 181 Å². The number of alkyl halides is 3. The van der Waals surface area contributed by atoms with E-state index in [1.165, 1.54) is 230 Å². The predicted molar refractivity (Wildman–Crippen MR) is 604 cm³/mol. The monoisotopic (exact) mass is 2080 g/mol. The zero-order valence-electron chi connectivity index (χ0n) is 97.0. The molecular weight excluding hydrogens is 1870 g/mol. The summed E-state index contributed by atoms with van der Waals surface area (Å²) in [6.07, 6.45) is 58.3. The second-order valence-electron chi connectivity index (χ2n) is 61.1. The summed E-state index contributed by atoms with van der Waals surface area (Å²) in [6.45, 7) is 69.1. The number of rotatable bonds is 25. The van der Waals surface area contributed by atoms with Crippen molar-refractivity contribution in [3.05, 3.63) is 106 Å². The van der Waals surface area contributed by atoms with E-state index in [-0.39, 0.29) is 66.4 Å². The number of nitrogens with one attached hydrogen (secondary N) is 3. The minimum atomic E-state index is -1.95. The molecular formula is C132H205F3N4O9S. The first-order valence-corrected chi connectivity index (χ1v) is 63.0. The molecule has 0 aromatic heterocycles. The molecule has 0 spiro atoms. The zero-order valence-corrected chi connectivity index (χ0v) is 97.8. The largest absolute Gasteiger partial charge is 0.481 e. The number of fused-ring (bicyclic) bond motifs is 21. The third kappa shape index (κ3) is 17.7.